The van der Waals surface area contributed by atoms with Crippen LogP contribution in [0.25, 0.3) is 0 Å². The summed E-state index contributed by atoms with van der Waals surface area (Å²) >= 11 is 0. The van der Waals surface area contributed by atoms with E-state index in [0.717, 1.165) is 11.5 Å². The summed E-state index contributed by atoms with van der Waals surface area (Å²) in [6, 6.07) is 8.68. The molecule has 2 aliphatic carbocycles. The Balaban J connectivity index is 1.90. The summed E-state index contributed by atoms with van der Waals surface area (Å²) in [5, 5.41) is 0. The Labute approximate surface area is 141 Å². The first-order chi connectivity index (χ1) is 11.2. The minimum absolute atomic E-state index is 0.263. The van der Waals surface area contributed by atoms with E-state index in [9.17, 15) is 4.79 Å². The molecule has 0 spiro atoms. The van der Waals surface area contributed by atoms with Gasteiger partial charge < -0.3 is 0 Å². The van der Waals surface area contributed by atoms with Crippen molar-refractivity contribution < 1.29 is 4.79 Å². The quantitative estimate of drug-likeness (QED) is 0.565. The van der Waals surface area contributed by atoms with Crippen molar-refractivity contribution in [2.45, 2.75) is 84.0 Å². The lowest BCUT2D eigenvalue weighted by atomic mass is 9.51. The normalized spacial score (nSPS) is 30.7. The number of benzene rings is 1. The van der Waals surface area contributed by atoms with Crippen molar-refractivity contribution in [3.63, 3.8) is 0 Å². The van der Waals surface area contributed by atoms with Crippen molar-refractivity contribution in [3.8, 4) is 0 Å². The molecule has 1 aromatic rings. The molecular formula is C22H32O. The molecular weight excluding hydrogens is 280 g/mol. The van der Waals surface area contributed by atoms with Crippen molar-refractivity contribution in [2.75, 3.05) is 0 Å². The largest absolute Gasteiger partial charge is 0.294 e. The van der Waals surface area contributed by atoms with Crippen LogP contribution in [0.3, 0.4) is 0 Å². The number of rotatable bonds is 5. The lowest BCUT2D eigenvalue weighted by molar-refractivity contribution is 0.0114. The zero-order valence-corrected chi connectivity index (χ0v) is 14.9. The van der Waals surface area contributed by atoms with Crippen molar-refractivity contribution in [1.29, 1.82) is 0 Å². The monoisotopic (exact) mass is 312 g/mol. The summed E-state index contributed by atoms with van der Waals surface area (Å²) < 4.78 is 0. The molecule has 2 aliphatic rings. The van der Waals surface area contributed by atoms with Crippen molar-refractivity contribution in [3.05, 3.63) is 35.4 Å². The van der Waals surface area contributed by atoms with E-state index in [1.807, 2.05) is 6.92 Å². The first-order valence-corrected chi connectivity index (χ1v) is 9.84. The van der Waals surface area contributed by atoms with Crippen LogP contribution in [0.4, 0.5) is 0 Å². The Hall–Kier alpha value is -1.11. The van der Waals surface area contributed by atoms with E-state index in [2.05, 4.69) is 31.2 Å². The third kappa shape index (κ3) is 3.12. The molecule has 0 heterocycles. The van der Waals surface area contributed by atoms with Gasteiger partial charge in [0.2, 0.25) is 0 Å². The maximum Gasteiger partial charge on any atom is 0.162 e. The maximum atomic E-state index is 11.9. The molecule has 0 aromatic heterocycles. The highest BCUT2D eigenvalue weighted by Crippen LogP contribution is 2.59. The molecule has 0 N–H and O–H groups in total. The number of fused-ring (bicyclic) bond motifs is 1. The molecule has 0 aliphatic heterocycles. The van der Waals surface area contributed by atoms with Crippen LogP contribution in [0.1, 0.15) is 99.9 Å². The van der Waals surface area contributed by atoms with E-state index in [0.29, 0.717) is 17.8 Å². The van der Waals surface area contributed by atoms with Gasteiger partial charge in [-0.3, -0.25) is 4.79 Å². The third-order valence-electron chi connectivity index (χ3n) is 6.67. The molecule has 3 atom stereocenters. The van der Waals surface area contributed by atoms with E-state index in [4.69, 9.17) is 0 Å². The molecule has 1 aromatic carbocycles. The summed E-state index contributed by atoms with van der Waals surface area (Å²) in [4.78, 5) is 11.9. The van der Waals surface area contributed by atoms with Crippen LogP contribution in [-0.2, 0) is 0 Å². The second-order valence-electron chi connectivity index (χ2n) is 7.81. The van der Waals surface area contributed by atoms with Crippen molar-refractivity contribution >= 4 is 5.78 Å². The molecule has 23 heavy (non-hydrogen) atoms. The van der Waals surface area contributed by atoms with Crippen molar-refractivity contribution in [1.82, 2.24) is 0 Å². The Kier molecular flexibility index (Phi) is 5.24. The predicted molar refractivity (Wildman–Crippen MR) is 97.0 cm³/mol. The highest BCUT2D eigenvalue weighted by Gasteiger charge is 2.47. The summed E-state index contributed by atoms with van der Waals surface area (Å²) in [6.45, 7) is 4.30. The van der Waals surface area contributed by atoms with Gasteiger partial charge in [0.15, 0.2) is 5.78 Å². The van der Waals surface area contributed by atoms with E-state index in [1.165, 1.54) is 63.4 Å². The third-order valence-corrected chi connectivity index (χ3v) is 6.67. The van der Waals surface area contributed by atoms with Gasteiger partial charge in [-0.05, 0) is 54.9 Å². The Bertz CT molecular complexity index is 523. The SMILES string of the molecule is CCC[C@]12CCCC[C@@H]1CCCC2c1ccc(C(=O)CC)cc1. The van der Waals surface area contributed by atoms with Crippen LogP contribution >= 0.6 is 0 Å². The van der Waals surface area contributed by atoms with Crippen molar-refractivity contribution in [2.24, 2.45) is 11.3 Å². The molecule has 3 rings (SSSR count). The number of hydrogen-bond donors (Lipinski definition) is 0. The number of carbonyl (C=O) groups excluding carboxylic acids is 1. The van der Waals surface area contributed by atoms with Gasteiger partial charge in [0.05, 0.1) is 0 Å². The highest BCUT2D eigenvalue weighted by atomic mass is 16.1. The molecule has 0 amide bonds. The Morgan fingerprint density at radius 3 is 2.48 bits per heavy atom. The van der Waals surface area contributed by atoms with E-state index >= 15 is 0 Å². The molecule has 126 valence electrons. The highest BCUT2D eigenvalue weighted by molar-refractivity contribution is 5.95. The fourth-order valence-electron chi connectivity index (χ4n) is 5.66. The molecule has 1 heteroatoms. The second kappa shape index (κ2) is 7.20. The first kappa shape index (κ1) is 16.7. The van der Waals surface area contributed by atoms with Crippen LogP contribution in [0, 0.1) is 11.3 Å². The van der Waals surface area contributed by atoms with Gasteiger partial charge >= 0.3 is 0 Å². The zero-order chi connectivity index (χ0) is 16.3. The van der Waals surface area contributed by atoms with E-state index in [1.54, 1.807) is 0 Å². The standard InChI is InChI=1S/C22H32O/c1-3-15-22-16-6-5-8-19(22)9-7-10-20(22)17-11-13-18(14-12-17)21(23)4-2/h11-14,19-20H,3-10,15-16H2,1-2H3/t19-,20?,22+/m1/s1. The van der Waals surface area contributed by atoms with E-state index in [-0.39, 0.29) is 5.78 Å². The summed E-state index contributed by atoms with van der Waals surface area (Å²) in [5.74, 6) is 1.91. The van der Waals surface area contributed by atoms with Gasteiger partial charge in [0, 0.05) is 12.0 Å². The van der Waals surface area contributed by atoms with Crippen LogP contribution in [0.2, 0.25) is 0 Å². The average molecular weight is 312 g/mol. The second-order valence-corrected chi connectivity index (χ2v) is 7.81. The number of ketones is 1. The number of carbonyl (C=O) groups is 1. The molecule has 1 unspecified atom stereocenters. The summed E-state index contributed by atoms with van der Waals surface area (Å²) in [7, 11) is 0. The summed E-state index contributed by atoms with van der Waals surface area (Å²) in [5.41, 5.74) is 2.93. The van der Waals surface area contributed by atoms with Gasteiger partial charge in [-0.15, -0.1) is 0 Å². The maximum absolute atomic E-state index is 11.9. The number of hydrogen-bond acceptors (Lipinski definition) is 1. The minimum atomic E-state index is 0.263. The fourth-order valence-corrected chi connectivity index (χ4v) is 5.66. The van der Waals surface area contributed by atoms with Gasteiger partial charge in [0.25, 0.3) is 0 Å². The molecule has 0 radical (unpaired) electrons. The van der Waals surface area contributed by atoms with Crippen LogP contribution < -0.4 is 0 Å². The first-order valence-electron chi connectivity index (χ1n) is 9.84. The fraction of sp³-hybridized carbons (Fsp3) is 0.682. The molecule has 1 nitrogen and oxygen atoms in total. The van der Waals surface area contributed by atoms with E-state index < -0.39 is 0 Å². The Morgan fingerprint density at radius 2 is 1.78 bits per heavy atom. The van der Waals surface area contributed by atoms with Gasteiger partial charge in [-0.2, -0.15) is 0 Å². The average Bonchev–Trinajstić information content (AvgIpc) is 2.61. The topological polar surface area (TPSA) is 17.1 Å². The number of Topliss-reactive ketones (excluding diaryl/α,β-unsaturated/α-hetero) is 1. The minimum Gasteiger partial charge on any atom is -0.294 e. The van der Waals surface area contributed by atoms with Gasteiger partial charge in [-0.1, -0.05) is 63.8 Å². The predicted octanol–water partition coefficient (Wildman–Crippen LogP) is 6.52. The van der Waals surface area contributed by atoms with Crippen LogP contribution in [-0.4, -0.2) is 5.78 Å². The molecule has 0 saturated heterocycles. The smallest absolute Gasteiger partial charge is 0.162 e. The lowest BCUT2D eigenvalue weighted by Gasteiger charge is -2.53. The molecule has 0 bridgehead atoms. The molecule has 2 fully saturated rings. The van der Waals surface area contributed by atoms with Gasteiger partial charge in [0.1, 0.15) is 0 Å². The van der Waals surface area contributed by atoms with Crippen LogP contribution in [0.15, 0.2) is 24.3 Å². The molecule has 2 saturated carbocycles. The van der Waals surface area contributed by atoms with Crippen LogP contribution in [0.5, 0.6) is 0 Å². The lowest BCUT2D eigenvalue weighted by Crippen LogP contribution is -2.42. The summed E-state index contributed by atoms with van der Waals surface area (Å²) in [6.07, 6.45) is 13.2. The Morgan fingerprint density at radius 1 is 1.04 bits per heavy atom. The zero-order valence-electron chi connectivity index (χ0n) is 14.9. The van der Waals surface area contributed by atoms with Gasteiger partial charge in [-0.25, -0.2) is 0 Å².